The van der Waals surface area contributed by atoms with Gasteiger partial charge in [0.2, 0.25) is 0 Å². The van der Waals surface area contributed by atoms with E-state index in [9.17, 15) is 14.3 Å². The van der Waals surface area contributed by atoms with Crippen molar-refractivity contribution in [2.45, 2.75) is 12.6 Å². The van der Waals surface area contributed by atoms with Gasteiger partial charge in [-0.05, 0) is 30.3 Å². The topological polar surface area (TPSA) is 64.4 Å². The van der Waals surface area contributed by atoms with Gasteiger partial charge in [-0.15, -0.1) is 0 Å². The third-order valence-electron chi connectivity index (χ3n) is 3.43. The monoisotopic (exact) mass is 392 g/mol. The molecule has 0 radical (unpaired) electrons. The number of aliphatic hydroxyl groups excluding tert-OH is 1. The van der Waals surface area contributed by atoms with Crippen molar-refractivity contribution in [2.75, 3.05) is 6.61 Å². The Morgan fingerprint density at radius 2 is 2.12 bits per heavy atom. The van der Waals surface area contributed by atoms with Gasteiger partial charge in [-0.25, -0.2) is 9.37 Å². The number of benzene rings is 2. The summed E-state index contributed by atoms with van der Waals surface area (Å²) in [5, 5.41) is 10.4. The average Bonchev–Trinajstić information content (AvgIpc) is 2.56. The Kier molecular flexibility index (Phi) is 4.92. The molecule has 1 N–H and O–H groups in total. The fourth-order valence-corrected chi connectivity index (χ4v) is 2.67. The van der Waals surface area contributed by atoms with Gasteiger partial charge in [0.15, 0.2) is 0 Å². The molecule has 0 spiro atoms. The van der Waals surface area contributed by atoms with Crippen molar-refractivity contribution < 1.29 is 14.2 Å². The van der Waals surface area contributed by atoms with Crippen LogP contribution in [0, 0.1) is 5.82 Å². The molecule has 0 aliphatic rings. The Morgan fingerprint density at radius 3 is 2.92 bits per heavy atom. The lowest BCUT2D eigenvalue weighted by molar-refractivity contribution is 0.0914. The van der Waals surface area contributed by atoms with Crippen LogP contribution in [0.3, 0.4) is 0 Å². The Labute approximate surface area is 145 Å². The molecule has 1 atom stereocenters. The van der Waals surface area contributed by atoms with Crippen molar-refractivity contribution in [1.29, 1.82) is 0 Å². The second-order valence-electron chi connectivity index (χ2n) is 5.29. The van der Waals surface area contributed by atoms with Gasteiger partial charge in [0.05, 0.1) is 23.8 Å². The van der Waals surface area contributed by atoms with Gasteiger partial charge in [0.1, 0.15) is 24.3 Å². The van der Waals surface area contributed by atoms with Crippen LogP contribution in [0.25, 0.3) is 10.9 Å². The van der Waals surface area contributed by atoms with Crippen molar-refractivity contribution in [1.82, 2.24) is 9.55 Å². The molecular formula is C17H14BrFN2O3. The number of nitrogens with zero attached hydrogens (tertiary/aromatic N) is 2. The second kappa shape index (κ2) is 7.11. The molecule has 124 valence electrons. The first-order chi connectivity index (χ1) is 11.5. The third-order valence-corrected chi connectivity index (χ3v) is 3.93. The number of hydrogen-bond acceptors (Lipinski definition) is 4. The number of ether oxygens (including phenoxy) is 1. The standard InChI is InChI=1S/C17H14BrFN2O3/c18-11-2-1-3-14(6-11)24-9-13(22)8-21-10-20-16-7-12(19)4-5-15(16)17(21)23/h1-7,10,13,22H,8-9H2/t13-/m0/s1. The maximum Gasteiger partial charge on any atom is 0.261 e. The van der Waals surface area contributed by atoms with Gasteiger partial charge >= 0.3 is 0 Å². The molecule has 0 fully saturated rings. The minimum atomic E-state index is -0.888. The summed E-state index contributed by atoms with van der Waals surface area (Å²) in [6, 6.07) is 11.0. The van der Waals surface area contributed by atoms with Crippen LogP contribution in [0.15, 0.2) is 58.1 Å². The Morgan fingerprint density at radius 1 is 1.29 bits per heavy atom. The Balaban J connectivity index is 1.71. The van der Waals surface area contributed by atoms with Gasteiger partial charge in [-0.2, -0.15) is 0 Å². The van der Waals surface area contributed by atoms with Gasteiger partial charge in [0.25, 0.3) is 5.56 Å². The van der Waals surface area contributed by atoms with E-state index in [1.165, 1.54) is 29.1 Å². The summed E-state index contributed by atoms with van der Waals surface area (Å²) >= 11 is 3.34. The fourth-order valence-electron chi connectivity index (χ4n) is 2.29. The van der Waals surface area contributed by atoms with Crippen LogP contribution in [0.2, 0.25) is 0 Å². The molecule has 3 aromatic rings. The molecule has 24 heavy (non-hydrogen) atoms. The molecule has 0 amide bonds. The maximum absolute atomic E-state index is 13.2. The van der Waals surface area contributed by atoms with Crippen molar-refractivity contribution in [3.05, 3.63) is 69.4 Å². The number of aromatic nitrogens is 2. The van der Waals surface area contributed by atoms with E-state index in [1.54, 1.807) is 12.1 Å². The smallest absolute Gasteiger partial charge is 0.261 e. The van der Waals surface area contributed by atoms with Crippen LogP contribution in [0.1, 0.15) is 0 Å². The van der Waals surface area contributed by atoms with E-state index in [0.29, 0.717) is 11.1 Å². The van der Waals surface area contributed by atoms with Crippen LogP contribution < -0.4 is 10.3 Å². The van der Waals surface area contributed by atoms with E-state index in [2.05, 4.69) is 20.9 Å². The molecule has 5 nitrogen and oxygen atoms in total. The number of halogens is 2. The molecule has 0 unspecified atom stereocenters. The zero-order valence-corrected chi connectivity index (χ0v) is 14.1. The molecule has 1 aromatic heterocycles. The summed E-state index contributed by atoms with van der Waals surface area (Å²) in [5.74, 6) is 0.164. The van der Waals surface area contributed by atoms with Crippen molar-refractivity contribution >= 4 is 26.8 Å². The number of fused-ring (bicyclic) bond motifs is 1. The lowest BCUT2D eigenvalue weighted by Crippen LogP contribution is -2.30. The zero-order valence-electron chi connectivity index (χ0n) is 12.5. The highest BCUT2D eigenvalue weighted by Gasteiger charge is 2.11. The normalized spacial score (nSPS) is 12.3. The third kappa shape index (κ3) is 3.80. The SMILES string of the molecule is O=c1c2ccc(F)cc2ncn1C[C@H](O)COc1cccc(Br)c1. The molecule has 1 heterocycles. The highest BCUT2D eigenvalue weighted by molar-refractivity contribution is 9.10. The molecule has 0 bridgehead atoms. The Hall–Kier alpha value is -2.25. The van der Waals surface area contributed by atoms with Crippen LogP contribution in [-0.2, 0) is 6.54 Å². The minimum absolute atomic E-state index is 0.0321. The van der Waals surface area contributed by atoms with E-state index in [4.69, 9.17) is 4.74 Å². The average molecular weight is 393 g/mol. The van der Waals surface area contributed by atoms with E-state index in [1.807, 2.05) is 12.1 Å². The minimum Gasteiger partial charge on any atom is -0.491 e. The summed E-state index contributed by atoms with van der Waals surface area (Å²) in [4.78, 5) is 16.4. The summed E-state index contributed by atoms with van der Waals surface area (Å²) in [7, 11) is 0. The quantitative estimate of drug-likeness (QED) is 0.724. The first-order valence-electron chi connectivity index (χ1n) is 7.24. The lowest BCUT2D eigenvalue weighted by Gasteiger charge is -2.14. The van der Waals surface area contributed by atoms with Crippen LogP contribution in [0.5, 0.6) is 5.75 Å². The molecule has 0 aliphatic heterocycles. The van der Waals surface area contributed by atoms with E-state index in [0.717, 1.165) is 4.47 Å². The van der Waals surface area contributed by atoms with Crippen LogP contribution >= 0.6 is 15.9 Å². The molecule has 3 rings (SSSR count). The second-order valence-corrected chi connectivity index (χ2v) is 6.20. The zero-order chi connectivity index (χ0) is 17.1. The van der Waals surface area contributed by atoms with Crippen molar-refractivity contribution in [2.24, 2.45) is 0 Å². The Bertz CT molecular complexity index is 929. The molecule has 2 aromatic carbocycles. The predicted molar refractivity (Wildman–Crippen MR) is 91.6 cm³/mol. The van der Waals surface area contributed by atoms with Crippen molar-refractivity contribution in [3.63, 3.8) is 0 Å². The molecule has 0 saturated carbocycles. The number of hydrogen-bond donors (Lipinski definition) is 1. The first-order valence-corrected chi connectivity index (χ1v) is 8.03. The molecule has 0 saturated heterocycles. The summed E-state index contributed by atoms with van der Waals surface area (Å²) in [5.41, 5.74) is -0.0439. The molecule has 7 heteroatoms. The summed E-state index contributed by atoms with van der Waals surface area (Å²) in [6.07, 6.45) is 0.410. The van der Waals surface area contributed by atoms with Gasteiger partial charge in [-0.1, -0.05) is 22.0 Å². The highest BCUT2D eigenvalue weighted by Crippen LogP contribution is 2.18. The predicted octanol–water partition coefficient (Wildman–Crippen LogP) is 2.74. The van der Waals surface area contributed by atoms with E-state index >= 15 is 0 Å². The molecular weight excluding hydrogens is 379 g/mol. The van der Waals surface area contributed by atoms with Crippen LogP contribution in [0.4, 0.5) is 4.39 Å². The number of rotatable bonds is 5. The highest BCUT2D eigenvalue weighted by atomic mass is 79.9. The summed E-state index contributed by atoms with van der Waals surface area (Å²) < 4.78 is 20.8. The largest absolute Gasteiger partial charge is 0.491 e. The lowest BCUT2D eigenvalue weighted by atomic mass is 10.2. The van der Waals surface area contributed by atoms with Crippen LogP contribution in [-0.4, -0.2) is 27.4 Å². The first kappa shape index (κ1) is 16.6. The maximum atomic E-state index is 13.2. The van der Waals surface area contributed by atoms with Gasteiger partial charge < -0.3 is 9.84 Å². The van der Waals surface area contributed by atoms with Gasteiger partial charge in [0, 0.05) is 10.5 Å². The number of aliphatic hydroxyl groups is 1. The van der Waals surface area contributed by atoms with E-state index in [-0.39, 0.29) is 24.2 Å². The molecule has 0 aliphatic carbocycles. The van der Waals surface area contributed by atoms with E-state index < -0.39 is 11.9 Å². The van der Waals surface area contributed by atoms with Crippen molar-refractivity contribution in [3.8, 4) is 5.75 Å². The summed E-state index contributed by atoms with van der Waals surface area (Å²) in [6.45, 7) is 0.0670. The fraction of sp³-hybridized carbons (Fsp3) is 0.176. The van der Waals surface area contributed by atoms with Gasteiger partial charge in [-0.3, -0.25) is 9.36 Å².